The van der Waals surface area contributed by atoms with Crippen LogP contribution < -0.4 is 5.32 Å². The molecular weight excluding hydrogens is 200 g/mol. The van der Waals surface area contributed by atoms with Gasteiger partial charge in [0.15, 0.2) is 0 Å². The van der Waals surface area contributed by atoms with E-state index >= 15 is 0 Å². The number of rotatable bonds is 7. The molecule has 3 nitrogen and oxygen atoms in total. The highest BCUT2D eigenvalue weighted by molar-refractivity contribution is 4.83. The van der Waals surface area contributed by atoms with Crippen molar-refractivity contribution in [2.24, 2.45) is 5.92 Å². The molecule has 0 spiro atoms. The number of nitrogens with one attached hydrogen (secondary N) is 1. The lowest BCUT2D eigenvalue weighted by atomic mass is 10.0. The summed E-state index contributed by atoms with van der Waals surface area (Å²) in [4.78, 5) is 2.46. The maximum Gasteiger partial charge on any atom is 0.0791 e. The molecule has 2 unspecified atom stereocenters. The van der Waals surface area contributed by atoms with Gasteiger partial charge in [-0.2, -0.15) is 0 Å². The lowest BCUT2D eigenvalue weighted by molar-refractivity contribution is 0.0932. The van der Waals surface area contributed by atoms with Gasteiger partial charge in [-0.3, -0.25) is 4.90 Å². The van der Waals surface area contributed by atoms with Crippen molar-refractivity contribution in [1.29, 1.82) is 0 Å². The molecule has 0 aliphatic carbocycles. The molecule has 1 heterocycles. The van der Waals surface area contributed by atoms with Crippen molar-refractivity contribution in [3.63, 3.8) is 0 Å². The third-order valence-corrected chi connectivity index (χ3v) is 3.44. The summed E-state index contributed by atoms with van der Waals surface area (Å²) >= 11 is 0. The Morgan fingerprint density at radius 2 is 2.19 bits per heavy atom. The van der Waals surface area contributed by atoms with Crippen LogP contribution in [-0.4, -0.2) is 48.3 Å². The van der Waals surface area contributed by atoms with E-state index in [0.29, 0.717) is 12.0 Å². The zero-order chi connectivity index (χ0) is 12.0. The Labute approximate surface area is 100 Å². The summed E-state index contributed by atoms with van der Waals surface area (Å²) in [5.41, 5.74) is 0. The van der Waals surface area contributed by atoms with Gasteiger partial charge in [-0.25, -0.2) is 0 Å². The Kier molecular flexibility index (Phi) is 6.32. The van der Waals surface area contributed by atoms with Gasteiger partial charge in [0.2, 0.25) is 0 Å². The Bertz CT molecular complexity index is 185. The molecule has 1 saturated heterocycles. The second kappa shape index (κ2) is 7.25. The average molecular weight is 228 g/mol. The van der Waals surface area contributed by atoms with Gasteiger partial charge >= 0.3 is 0 Å². The Balaban J connectivity index is 2.24. The molecule has 0 bridgehead atoms. The molecule has 96 valence electrons. The molecule has 0 aromatic rings. The van der Waals surface area contributed by atoms with Crippen LogP contribution in [-0.2, 0) is 0 Å². The van der Waals surface area contributed by atoms with Crippen molar-refractivity contribution in [2.45, 2.75) is 52.2 Å². The van der Waals surface area contributed by atoms with E-state index in [4.69, 9.17) is 0 Å². The molecule has 0 radical (unpaired) electrons. The van der Waals surface area contributed by atoms with Crippen LogP contribution in [0.2, 0.25) is 0 Å². The van der Waals surface area contributed by atoms with E-state index in [1.807, 2.05) is 0 Å². The Hall–Kier alpha value is -0.120. The van der Waals surface area contributed by atoms with E-state index in [2.05, 4.69) is 31.0 Å². The third-order valence-electron chi connectivity index (χ3n) is 3.44. The van der Waals surface area contributed by atoms with Gasteiger partial charge in [0.1, 0.15) is 0 Å². The lowest BCUT2D eigenvalue weighted by Crippen LogP contribution is -2.42. The van der Waals surface area contributed by atoms with Gasteiger partial charge < -0.3 is 10.4 Å². The van der Waals surface area contributed by atoms with Crippen molar-refractivity contribution < 1.29 is 5.11 Å². The SMILES string of the molecule is CCCNCC(O)CN1CCCC1C(C)C. The first-order chi connectivity index (χ1) is 7.65. The summed E-state index contributed by atoms with van der Waals surface area (Å²) < 4.78 is 0. The predicted octanol–water partition coefficient (Wildman–Crippen LogP) is 1.47. The van der Waals surface area contributed by atoms with Gasteiger partial charge in [0.05, 0.1) is 6.10 Å². The Morgan fingerprint density at radius 1 is 1.44 bits per heavy atom. The zero-order valence-electron chi connectivity index (χ0n) is 11.1. The summed E-state index contributed by atoms with van der Waals surface area (Å²) in [6.45, 7) is 10.4. The normalized spacial score (nSPS) is 24.2. The van der Waals surface area contributed by atoms with Crippen LogP contribution in [0.3, 0.4) is 0 Å². The number of aliphatic hydroxyl groups excluding tert-OH is 1. The van der Waals surface area contributed by atoms with Crippen molar-refractivity contribution in [3.8, 4) is 0 Å². The topological polar surface area (TPSA) is 35.5 Å². The summed E-state index contributed by atoms with van der Waals surface area (Å²) in [5, 5.41) is 13.2. The van der Waals surface area contributed by atoms with E-state index in [9.17, 15) is 5.11 Å². The molecule has 3 heteroatoms. The third kappa shape index (κ3) is 4.40. The van der Waals surface area contributed by atoms with Crippen molar-refractivity contribution in [1.82, 2.24) is 10.2 Å². The number of hydrogen-bond donors (Lipinski definition) is 2. The molecule has 1 rings (SSSR count). The lowest BCUT2D eigenvalue weighted by Gasteiger charge is -2.29. The first kappa shape index (κ1) is 13.9. The van der Waals surface area contributed by atoms with E-state index in [0.717, 1.165) is 32.6 Å². The minimum Gasteiger partial charge on any atom is -0.390 e. The molecular formula is C13H28N2O. The van der Waals surface area contributed by atoms with Crippen molar-refractivity contribution in [2.75, 3.05) is 26.2 Å². The monoisotopic (exact) mass is 228 g/mol. The smallest absolute Gasteiger partial charge is 0.0791 e. The molecule has 0 saturated carbocycles. The number of β-amino-alcohol motifs (C(OH)–C–C–N with tert-alkyl or cyclic N) is 1. The van der Waals surface area contributed by atoms with E-state index < -0.39 is 0 Å². The number of nitrogens with zero attached hydrogens (tertiary/aromatic N) is 1. The number of likely N-dealkylation sites (tertiary alicyclic amines) is 1. The minimum absolute atomic E-state index is 0.217. The average Bonchev–Trinajstić information content (AvgIpc) is 2.66. The molecule has 1 aliphatic rings. The van der Waals surface area contributed by atoms with Crippen LogP contribution in [0.4, 0.5) is 0 Å². The molecule has 2 N–H and O–H groups in total. The zero-order valence-corrected chi connectivity index (χ0v) is 11.1. The Morgan fingerprint density at radius 3 is 2.81 bits per heavy atom. The summed E-state index contributed by atoms with van der Waals surface area (Å²) in [7, 11) is 0. The molecule has 0 amide bonds. The highest BCUT2D eigenvalue weighted by Crippen LogP contribution is 2.23. The predicted molar refractivity (Wildman–Crippen MR) is 68.6 cm³/mol. The fraction of sp³-hybridized carbons (Fsp3) is 1.00. The summed E-state index contributed by atoms with van der Waals surface area (Å²) in [5.74, 6) is 0.707. The first-order valence-electron chi connectivity index (χ1n) is 6.78. The van der Waals surface area contributed by atoms with Gasteiger partial charge in [0, 0.05) is 19.1 Å². The summed E-state index contributed by atoms with van der Waals surface area (Å²) in [6, 6.07) is 0.681. The van der Waals surface area contributed by atoms with E-state index in [-0.39, 0.29) is 6.10 Å². The second-order valence-electron chi connectivity index (χ2n) is 5.31. The van der Waals surface area contributed by atoms with Gasteiger partial charge in [-0.1, -0.05) is 20.8 Å². The molecule has 0 aromatic heterocycles. The van der Waals surface area contributed by atoms with Crippen molar-refractivity contribution >= 4 is 0 Å². The fourth-order valence-corrected chi connectivity index (χ4v) is 2.61. The van der Waals surface area contributed by atoms with Crippen LogP contribution in [0, 0.1) is 5.92 Å². The molecule has 16 heavy (non-hydrogen) atoms. The fourth-order valence-electron chi connectivity index (χ4n) is 2.61. The molecule has 1 aliphatic heterocycles. The molecule has 2 atom stereocenters. The van der Waals surface area contributed by atoms with Crippen LogP contribution in [0.1, 0.15) is 40.0 Å². The number of hydrogen-bond acceptors (Lipinski definition) is 3. The number of aliphatic hydroxyl groups is 1. The molecule has 1 fully saturated rings. The standard InChI is InChI=1S/C13H28N2O/c1-4-7-14-9-12(16)10-15-8-5-6-13(15)11(2)3/h11-14,16H,4-10H2,1-3H3. The minimum atomic E-state index is -0.217. The van der Waals surface area contributed by atoms with Crippen LogP contribution in [0.15, 0.2) is 0 Å². The highest BCUT2D eigenvalue weighted by Gasteiger charge is 2.28. The van der Waals surface area contributed by atoms with Crippen LogP contribution in [0.5, 0.6) is 0 Å². The summed E-state index contributed by atoms with van der Waals surface area (Å²) in [6.07, 6.45) is 3.50. The van der Waals surface area contributed by atoms with Gasteiger partial charge in [0.25, 0.3) is 0 Å². The van der Waals surface area contributed by atoms with Crippen molar-refractivity contribution in [3.05, 3.63) is 0 Å². The van der Waals surface area contributed by atoms with E-state index in [1.165, 1.54) is 12.8 Å². The first-order valence-corrected chi connectivity index (χ1v) is 6.78. The highest BCUT2D eigenvalue weighted by atomic mass is 16.3. The van der Waals surface area contributed by atoms with Crippen LogP contribution >= 0.6 is 0 Å². The quantitative estimate of drug-likeness (QED) is 0.648. The molecule has 0 aromatic carbocycles. The van der Waals surface area contributed by atoms with Gasteiger partial charge in [-0.15, -0.1) is 0 Å². The van der Waals surface area contributed by atoms with Gasteiger partial charge in [-0.05, 0) is 38.3 Å². The largest absolute Gasteiger partial charge is 0.390 e. The maximum absolute atomic E-state index is 9.93. The van der Waals surface area contributed by atoms with Crippen LogP contribution in [0.25, 0.3) is 0 Å². The maximum atomic E-state index is 9.93. The van der Waals surface area contributed by atoms with E-state index in [1.54, 1.807) is 0 Å². The second-order valence-corrected chi connectivity index (χ2v) is 5.31.